The molecule has 2 aliphatic rings. The zero-order chi connectivity index (χ0) is 14.9. The number of hydrogen-bond donors (Lipinski definition) is 2. The van der Waals surface area contributed by atoms with Crippen LogP contribution in [0.3, 0.4) is 0 Å². The number of rotatable bonds is 4. The van der Waals surface area contributed by atoms with E-state index in [9.17, 15) is 0 Å². The fourth-order valence-electron chi connectivity index (χ4n) is 2.79. The molecule has 1 aromatic heterocycles. The van der Waals surface area contributed by atoms with Gasteiger partial charge in [-0.2, -0.15) is 4.98 Å². The third kappa shape index (κ3) is 2.58. The highest BCUT2D eigenvalue weighted by atomic mass is 16.5. The van der Waals surface area contributed by atoms with E-state index in [4.69, 9.17) is 4.74 Å². The highest BCUT2D eigenvalue weighted by molar-refractivity contribution is 5.59. The molecule has 114 valence electrons. The minimum atomic E-state index is 0.568. The Balaban J connectivity index is 1.53. The van der Waals surface area contributed by atoms with Gasteiger partial charge in [-0.05, 0) is 49.9 Å². The molecule has 1 aliphatic carbocycles. The Bertz CT molecular complexity index is 697. The van der Waals surface area contributed by atoms with Crippen LogP contribution in [-0.4, -0.2) is 22.6 Å². The van der Waals surface area contributed by atoms with E-state index in [1.54, 1.807) is 0 Å². The van der Waals surface area contributed by atoms with E-state index in [-0.39, 0.29) is 0 Å². The van der Waals surface area contributed by atoms with Crippen LogP contribution in [0.25, 0.3) is 0 Å². The predicted octanol–water partition coefficient (Wildman–Crippen LogP) is 3.43. The maximum atomic E-state index is 5.53. The molecular weight excluding hydrogens is 276 g/mol. The van der Waals surface area contributed by atoms with Crippen molar-refractivity contribution in [2.24, 2.45) is 0 Å². The van der Waals surface area contributed by atoms with Gasteiger partial charge >= 0.3 is 0 Å². The Morgan fingerprint density at radius 1 is 1.27 bits per heavy atom. The first-order valence-corrected chi connectivity index (χ1v) is 7.91. The molecule has 2 aromatic rings. The zero-order valence-corrected chi connectivity index (χ0v) is 12.7. The average Bonchev–Trinajstić information content (AvgIpc) is 2.93. The Kier molecular flexibility index (Phi) is 3.33. The number of nitrogens with zero attached hydrogens (tertiary/aromatic N) is 2. The first kappa shape index (κ1) is 13.4. The summed E-state index contributed by atoms with van der Waals surface area (Å²) in [6.45, 7) is 2.81. The second-order valence-corrected chi connectivity index (χ2v) is 6.04. The molecule has 1 aromatic carbocycles. The Morgan fingerprint density at radius 2 is 2.18 bits per heavy atom. The summed E-state index contributed by atoms with van der Waals surface area (Å²) in [6.07, 6.45) is 6.61. The van der Waals surface area contributed by atoms with Crippen molar-refractivity contribution in [1.29, 1.82) is 0 Å². The lowest BCUT2D eigenvalue weighted by Gasteiger charge is -2.27. The molecule has 22 heavy (non-hydrogen) atoms. The third-order valence-electron chi connectivity index (χ3n) is 4.36. The van der Waals surface area contributed by atoms with E-state index in [0.717, 1.165) is 35.8 Å². The van der Waals surface area contributed by atoms with E-state index in [2.05, 4.69) is 26.7 Å². The molecule has 2 heterocycles. The summed E-state index contributed by atoms with van der Waals surface area (Å²) < 4.78 is 5.53. The molecule has 1 aliphatic heterocycles. The number of aryl methyl sites for hydroxylation is 1. The van der Waals surface area contributed by atoms with Gasteiger partial charge in [0, 0.05) is 29.9 Å². The van der Waals surface area contributed by atoms with Crippen molar-refractivity contribution in [3.8, 4) is 5.75 Å². The first-order chi connectivity index (χ1) is 10.8. The molecule has 0 amide bonds. The summed E-state index contributed by atoms with van der Waals surface area (Å²) in [4.78, 5) is 9.00. The van der Waals surface area contributed by atoms with E-state index >= 15 is 0 Å². The predicted molar refractivity (Wildman–Crippen MR) is 87.0 cm³/mol. The Labute approximate surface area is 130 Å². The van der Waals surface area contributed by atoms with Crippen LogP contribution < -0.4 is 15.4 Å². The van der Waals surface area contributed by atoms with Crippen molar-refractivity contribution < 1.29 is 4.74 Å². The van der Waals surface area contributed by atoms with Gasteiger partial charge in [0.15, 0.2) is 0 Å². The fourth-order valence-corrected chi connectivity index (χ4v) is 2.79. The van der Waals surface area contributed by atoms with Gasteiger partial charge in [0.25, 0.3) is 0 Å². The third-order valence-corrected chi connectivity index (χ3v) is 4.36. The zero-order valence-electron chi connectivity index (χ0n) is 12.7. The molecule has 0 saturated heterocycles. The quantitative estimate of drug-likeness (QED) is 0.905. The van der Waals surface area contributed by atoms with Gasteiger partial charge in [-0.1, -0.05) is 0 Å². The van der Waals surface area contributed by atoms with E-state index < -0.39 is 0 Å². The van der Waals surface area contributed by atoms with Crippen LogP contribution >= 0.6 is 0 Å². The van der Waals surface area contributed by atoms with Gasteiger partial charge in [-0.3, -0.25) is 0 Å². The monoisotopic (exact) mass is 296 g/mol. The van der Waals surface area contributed by atoms with Crippen molar-refractivity contribution in [3.05, 3.63) is 35.5 Å². The van der Waals surface area contributed by atoms with E-state index in [0.29, 0.717) is 12.0 Å². The smallest absolute Gasteiger partial charge is 0.229 e. The van der Waals surface area contributed by atoms with Gasteiger partial charge in [-0.25, -0.2) is 4.98 Å². The lowest BCUT2D eigenvalue weighted by Crippen LogP contribution is -2.28. The van der Waals surface area contributed by atoms with Gasteiger partial charge in [-0.15, -0.1) is 0 Å². The van der Waals surface area contributed by atoms with Gasteiger partial charge in [0.2, 0.25) is 5.95 Å². The number of aromatic nitrogens is 2. The molecule has 0 unspecified atom stereocenters. The summed E-state index contributed by atoms with van der Waals surface area (Å²) in [6, 6.07) is 6.70. The molecule has 1 saturated carbocycles. The van der Waals surface area contributed by atoms with Crippen LogP contribution in [0.15, 0.2) is 24.4 Å². The van der Waals surface area contributed by atoms with Gasteiger partial charge in [0.05, 0.1) is 6.61 Å². The number of nitrogens with one attached hydrogen (secondary N) is 2. The number of fused-ring (bicyclic) bond motifs is 1. The number of hydrogen-bond acceptors (Lipinski definition) is 5. The van der Waals surface area contributed by atoms with Crippen LogP contribution in [0.1, 0.15) is 30.4 Å². The van der Waals surface area contributed by atoms with Crippen LogP contribution in [0.4, 0.5) is 17.5 Å². The van der Waals surface area contributed by atoms with Crippen molar-refractivity contribution in [2.45, 2.75) is 38.6 Å². The lowest BCUT2D eigenvalue weighted by molar-refractivity contribution is 0.357. The van der Waals surface area contributed by atoms with E-state index in [1.165, 1.54) is 24.8 Å². The second-order valence-electron chi connectivity index (χ2n) is 6.04. The maximum Gasteiger partial charge on any atom is 0.229 e. The molecular formula is C17H20N4O. The molecule has 2 N–H and O–H groups in total. The van der Waals surface area contributed by atoms with Gasteiger partial charge in [0.1, 0.15) is 11.6 Å². The minimum Gasteiger partial charge on any atom is -0.493 e. The molecule has 5 nitrogen and oxygen atoms in total. The standard InChI is InChI=1S/C17H20N4O/c1-11-10-18-17(21-16(11)19-13-3-2-4-13)20-14-5-6-15-12(9-14)7-8-22-15/h5-6,9-10,13H,2-4,7-8H2,1H3,(H2,18,19,20,21). The summed E-state index contributed by atoms with van der Waals surface area (Å²) in [5.74, 6) is 2.56. The van der Waals surface area contributed by atoms with Crippen LogP contribution in [-0.2, 0) is 6.42 Å². The highest BCUT2D eigenvalue weighted by Gasteiger charge is 2.18. The molecule has 1 fully saturated rings. The number of ether oxygens (including phenoxy) is 1. The van der Waals surface area contributed by atoms with Crippen LogP contribution in [0.5, 0.6) is 5.75 Å². The second kappa shape index (κ2) is 5.48. The van der Waals surface area contributed by atoms with Crippen LogP contribution in [0.2, 0.25) is 0 Å². The van der Waals surface area contributed by atoms with Crippen molar-refractivity contribution >= 4 is 17.5 Å². The molecule has 0 radical (unpaired) electrons. The molecule has 0 spiro atoms. The average molecular weight is 296 g/mol. The number of anilines is 3. The summed E-state index contributed by atoms with van der Waals surface area (Å²) in [5.41, 5.74) is 3.33. The summed E-state index contributed by atoms with van der Waals surface area (Å²) in [7, 11) is 0. The maximum absolute atomic E-state index is 5.53. The van der Waals surface area contributed by atoms with E-state index in [1.807, 2.05) is 25.3 Å². The van der Waals surface area contributed by atoms with Crippen molar-refractivity contribution in [3.63, 3.8) is 0 Å². The van der Waals surface area contributed by atoms with Crippen molar-refractivity contribution in [1.82, 2.24) is 9.97 Å². The highest BCUT2D eigenvalue weighted by Crippen LogP contribution is 2.29. The van der Waals surface area contributed by atoms with Crippen molar-refractivity contribution in [2.75, 3.05) is 17.2 Å². The normalized spacial score (nSPS) is 16.6. The molecule has 5 heteroatoms. The van der Waals surface area contributed by atoms with Gasteiger partial charge < -0.3 is 15.4 Å². The molecule has 4 rings (SSSR count). The Morgan fingerprint density at radius 3 is 3.00 bits per heavy atom. The fraction of sp³-hybridized carbons (Fsp3) is 0.412. The lowest BCUT2D eigenvalue weighted by atomic mass is 9.93. The topological polar surface area (TPSA) is 59.1 Å². The molecule has 0 atom stereocenters. The minimum absolute atomic E-state index is 0.568. The Hall–Kier alpha value is -2.30. The molecule has 0 bridgehead atoms. The van der Waals surface area contributed by atoms with Crippen LogP contribution in [0, 0.1) is 6.92 Å². The first-order valence-electron chi connectivity index (χ1n) is 7.91. The summed E-state index contributed by atoms with van der Waals surface area (Å²) >= 11 is 0. The SMILES string of the molecule is Cc1cnc(Nc2ccc3c(c2)CCO3)nc1NC1CCC1. The summed E-state index contributed by atoms with van der Waals surface area (Å²) in [5, 5.41) is 6.80. The number of benzene rings is 1. The largest absolute Gasteiger partial charge is 0.493 e.